The molecule has 2 aromatic carbocycles. The molecule has 0 aromatic heterocycles. The summed E-state index contributed by atoms with van der Waals surface area (Å²) < 4.78 is 15.6. The number of ether oxygens (including phenoxy) is 3. The van der Waals surface area contributed by atoms with E-state index in [0.29, 0.717) is 5.56 Å². The molecule has 0 spiro atoms. The smallest absolute Gasteiger partial charge is 0.363 e. The molecule has 0 fully saturated rings. The Morgan fingerprint density at radius 1 is 1.00 bits per heavy atom. The molecule has 126 valence electrons. The molecule has 5 heteroatoms. The van der Waals surface area contributed by atoms with E-state index in [-0.39, 0.29) is 11.6 Å². The summed E-state index contributed by atoms with van der Waals surface area (Å²) in [6.07, 6.45) is 5.21. The number of nitrogens with zero attached hydrogens (tertiary/aromatic N) is 1. The van der Waals surface area contributed by atoms with Crippen molar-refractivity contribution in [3.05, 3.63) is 77.5 Å². The fourth-order valence-electron chi connectivity index (χ4n) is 2.33. The monoisotopic (exact) mass is 335 g/mol. The van der Waals surface area contributed by atoms with E-state index in [9.17, 15) is 4.79 Å². The molecule has 0 bridgehead atoms. The molecule has 0 radical (unpaired) electrons. The predicted octanol–water partition coefficient (Wildman–Crippen LogP) is 3.60. The van der Waals surface area contributed by atoms with Crippen molar-refractivity contribution in [1.82, 2.24) is 0 Å². The minimum Gasteiger partial charge on any atom is -0.497 e. The van der Waals surface area contributed by atoms with Gasteiger partial charge in [0.25, 0.3) is 0 Å². The van der Waals surface area contributed by atoms with Gasteiger partial charge in [-0.3, -0.25) is 0 Å². The predicted molar refractivity (Wildman–Crippen MR) is 95.7 cm³/mol. The summed E-state index contributed by atoms with van der Waals surface area (Å²) >= 11 is 0. The minimum absolute atomic E-state index is 0.247. The van der Waals surface area contributed by atoms with Crippen LogP contribution >= 0.6 is 0 Å². The first kappa shape index (κ1) is 16.5. The van der Waals surface area contributed by atoms with Crippen molar-refractivity contribution in [1.29, 1.82) is 0 Å². The highest BCUT2D eigenvalue weighted by Crippen LogP contribution is 2.21. The van der Waals surface area contributed by atoms with Crippen molar-refractivity contribution < 1.29 is 19.0 Å². The number of rotatable bonds is 5. The maximum atomic E-state index is 12.0. The standard InChI is InChI=1S/C20H17NO4/c1-23-16-12-10-15(11-13-16)19-21-17(20(22)25-19)8-5-7-14-6-3-4-9-18(14)24-2/h3-13H,1-2H3/b7-5+,17-8-. The molecule has 0 N–H and O–H groups in total. The molecule has 5 nitrogen and oxygen atoms in total. The third kappa shape index (κ3) is 3.77. The molecule has 0 atom stereocenters. The zero-order valence-corrected chi connectivity index (χ0v) is 13.9. The van der Waals surface area contributed by atoms with Crippen LogP contribution in [0.3, 0.4) is 0 Å². The number of para-hydroxylation sites is 1. The molecular formula is C20H17NO4. The first-order valence-corrected chi connectivity index (χ1v) is 7.68. The number of cyclic esters (lactones) is 1. The molecule has 3 rings (SSSR count). The average molecular weight is 335 g/mol. The van der Waals surface area contributed by atoms with Crippen molar-refractivity contribution in [2.75, 3.05) is 14.2 Å². The average Bonchev–Trinajstić information content (AvgIpc) is 3.03. The Labute approximate surface area is 145 Å². The van der Waals surface area contributed by atoms with Crippen LogP contribution in [0.15, 0.2) is 71.4 Å². The molecule has 0 amide bonds. The van der Waals surface area contributed by atoms with Gasteiger partial charge in [0.1, 0.15) is 11.5 Å². The number of carbonyl (C=O) groups excluding carboxylic acids is 1. The second-order valence-electron chi connectivity index (χ2n) is 5.19. The van der Waals surface area contributed by atoms with Gasteiger partial charge in [-0.05, 0) is 36.4 Å². The van der Waals surface area contributed by atoms with Gasteiger partial charge in [0, 0.05) is 11.1 Å². The summed E-state index contributed by atoms with van der Waals surface area (Å²) in [4.78, 5) is 16.2. The lowest BCUT2D eigenvalue weighted by Crippen LogP contribution is -2.05. The van der Waals surface area contributed by atoms with Gasteiger partial charge in [-0.25, -0.2) is 9.79 Å². The topological polar surface area (TPSA) is 57.1 Å². The Kier molecular flexibility index (Phi) is 4.95. The molecule has 2 aromatic rings. The largest absolute Gasteiger partial charge is 0.497 e. The molecule has 1 aliphatic heterocycles. The van der Waals surface area contributed by atoms with E-state index in [1.807, 2.05) is 30.3 Å². The number of methoxy groups -OCH3 is 2. The molecule has 1 heterocycles. The summed E-state index contributed by atoms with van der Waals surface area (Å²) in [6.45, 7) is 0. The number of hydrogen-bond donors (Lipinski definition) is 0. The van der Waals surface area contributed by atoms with E-state index >= 15 is 0 Å². The molecule has 1 aliphatic rings. The zero-order chi connectivity index (χ0) is 17.6. The number of esters is 1. The van der Waals surface area contributed by atoms with Crippen LogP contribution in [0.2, 0.25) is 0 Å². The highest BCUT2D eigenvalue weighted by atomic mass is 16.6. The second kappa shape index (κ2) is 7.49. The highest BCUT2D eigenvalue weighted by Gasteiger charge is 2.23. The minimum atomic E-state index is -0.476. The maximum absolute atomic E-state index is 12.0. The molecule has 25 heavy (non-hydrogen) atoms. The number of aliphatic imine (C=N–C) groups is 1. The third-order valence-electron chi connectivity index (χ3n) is 3.63. The Morgan fingerprint density at radius 3 is 2.48 bits per heavy atom. The summed E-state index contributed by atoms with van der Waals surface area (Å²) in [5, 5.41) is 0. The van der Waals surface area contributed by atoms with Crippen LogP contribution in [-0.2, 0) is 9.53 Å². The quantitative estimate of drug-likeness (QED) is 0.619. The van der Waals surface area contributed by atoms with Crippen LogP contribution in [0.1, 0.15) is 11.1 Å². The summed E-state index contributed by atoms with van der Waals surface area (Å²) in [7, 11) is 3.21. The number of allylic oxidation sites excluding steroid dienone is 2. The van der Waals surface area contributed by atoms with Gasteiger partial charge in [-0.1, -0.05) is 30.4 Å². The Bertz CT molecular complexity index is 864. The maximum Gasteiger partial charge on any atom is 0.363 e. The fourth-order valence-corrected chi connectivity index (χ4v) is 2.33. The number of carbonyl (C=O) groups is 1. The molecular weight excluding hydrogens is 318 g/mol. The lowest BCUT2D eigenvalue weighted by atomic mass is 10.2. The Balaban J connectivity index is 1.79. The van der Waals surface area contributed by atoms with Crippen LogP contribution in [0.5, 0.6) is 11.5 Å². The Hall–Kier alpha value is -3.34. The third-order valence-corrected chi connectivity index (χ3v) is 3.63. The molecule has 0 unspecified atom stereocenters. The Morgan fingerprint density at radius 2 is 1.76 bits per heavy atom. The second-order valence-corrected chi connectivity index (χ2v) is 5.19. The molecule has 0 aliphatic carbocycles. The van der Waals surface area contributed by atoms with E-state index in [1.54, 1.807) is 50.6 Å². The fraction of sp³-hybridized carbons (Fsp3) is 0.100. The SMILES string of the molecule is COc1ccc(C2=N/C(=C\C=C\c3ccccc3OC)C(=O)O2)cc1. The van der Waals surface area contributed by atoms with Crippen LogP contribution in [0.4, 0.5) is 0 Å². The van der Waals surface area contributed by atoms with Gasteiger partial charge in [0.2, 0.25) is 5.90 Å². The van der Waals surface area contributed by atoms with Crippen molar-refractivity contribution >= 4 is 17.9 Å². The zero-order valence-electron chi connectivity index (χ0n) is 13.9. The van der Waals surface area contributed by atoms with E-state index < -0.39 is 5.97 Å². The van der Waals surface area contributed by atoms with Crippen LogP contribution in [-0.4, -0.2) is 26.1 Å². The lowest BCUT2D eigenvalue weighted by Gasteiger charge is -2.02. The van der Waals surface area contributed by atoms with Gasteiger partial charge >= 0.3 is 5.97 Å². The van der Waals surface area contributed by atoms with Crippen LogP contribution < -0.4 is 9.47 Å². The van der Waals surface area contributed by atoms with E-state index in [4.69, 9.17) is 14.2 Å². The summed E-state index contributed by atoms with van der Waals surface area (Å²) in [5.41, 5.74) is 1.87. The normalized spacial score (nSPS) is 15.4. The van der Waals surface area contributed by atoms with Crippen molar-refractivity contribution in [3.63, 3.8) is 0 Å². The van der Waals surface area contributed by atoms with E-state index in [1.165, 1.54) is 0 Å². The lowest BCUT2D eigenvalue weighted by molar-refractivity contribution is -0.130. The first-order valence-electron chi connectivity index (χ1n) is 7.68. The van der Waals surface area contributed by atoms with Crippen LogP contribution in [0, 0.1) is 0 Å². The highest BCUT2D eigenvalue weighted by molar-refractivity contribution is 6.11. The van der Waals surface area contributed by atoms with Crippen molar-refractivity contribution in [3.8, 4) is 11.5 Å². The van der Waals surface area contributed by atoms with Crippen molar-refractivity contribution in [2.45, 2.75) is 0 Å². The first-order chi connectivity index (χ1) is 12.2. The van der Waals surface area contributed by atoms with E-state index in [2.05, 4.69) is 4.99 Å². The van der Waals surface area contributed by atoms with E-state index in [0.717, 1.165) is 17.1 Å². The number of benzene rings is 2. The van der Waals surface area contributed by atoms with Gasteiger partial charge < -0.3 is 14.2 Å². The van der Waals surface area contributed by atoms with Gasteiger partial charge in [-0.2, -0.15) is 0 Å². The van der Waals surface area contributed by atoms with Gasteiger partial charge in [0.15, 0.2) is 5.70 Å². The van der Waals surface area contributed by atoms with Gasteiger partial charge in [-0.15, -0.1) is 0 Å². The van der Waals surface area contributed by atoms with Gasteiger partial charge in [0.05, 0.1) is 14.2 Å². The van der Waals surface area contributed by atoms with Crippen LogP contribution in [0.25, 0.3) is 6.08 Å². The number of hydrogen-bond acceptors (Lipinski definition) is 5. The van der Waals surface area contributed by atoms with Crippen molar-refractivity contribution in [2.24, 2.45) is 4.99 Å². The summed E-state index contributed by atoms with van der Waals surface area (Å²) in [5.74, 6) is 1.29. The molecule has 0 saturated carbocycles. The molecule has 0 saturated heterocycles. The summed E-state index contributed by atoms with van der Waals surface area (Å²) in [6, 6.07) is 14.8.